The summed E-state index contributed by atoms with van der Waals surface area (Å²) in [7, 11) is 0. The molecule has 0 aliphatic rings. The van der Waals surface area contributed by atoms with Crippen LogP contribution in [0.3, 0.4) is 0 Å². The van der Waals surface area contributed by atoms with Crippen LogP contribution in [0.1, 0.15) is 13.3 Å². The number of rotatable bonds is 6. The number of nitrogens with two attached hydrogens (primary N) is 2. The molecule has 5 nitrogen and oxygen atoms in total. The Balaban J connectivity index is 2.65. The number of para-hydroxylation sites is 1. The van der Waals surface area contributed by atoms with Crippen LogP contribution in [-0.2, 0) is 4.79 Å². The van der Waals surface area contributed by atoms with E-state index in [1.54, 1.807) is 6.07 Å². The molecule has 1 aromatic rings. The summed E-state index contributed by atoms with van der Waals surface area (Å²) in [5, 5.41) is 3.04. The molecule has 0 bridgehead atoms. The number of anilines is 2. The number of nitrogens with one attached hydrogen (secondary N) is 1. The number of amides is 1. The van der Waals surface area contributed by atoms with Gasteiger partial charge in [0.1, 0.15) is 5.75 Å². The summed E-state index contributed by atoms with van der Waals surface area (Å²) in [5.74, 6) is 0.304. The Labute approximate surface area is 94.8 Å². The van der Waals surface area contributed by atoms with Crippen LogP contribution < -0.4 is 21.5 Å². The van der Waals surface area contributed by atoms with Gasteiger partial charge in [0, 0.05) is 13.0 Å². The maximum Gasteiger partial charge on any atom is 0.219 e. The van der Waals surface area contributed by atoms with Gasteiger partial charge in [0.25, 0.3) is 0 Å². The molecule has 0 saturated carbocycles. The highest BCUT2D eigenvalue weighted by molar-refractivity contribution is 5.76. The highest BCUT2D eigenvalue weighted by Crippen LogP contribution is 2.29. The zero-order valence-corrected chi connectivity index (χ0v) is 9.32. The van der Waals surface area contributed by atoms with E-state index in [9.17, 15) is 4.79 Å². The maximum absolute atomic E-state index is 10.6. The van der Waals surface area contributed by atoms with E-state index in [-0.39, 0.29) is 12.3 Å². The van der Waals surface area contributed by atoms with E-state index in [0.29, 0.717) is 24.6 Å². The molecule has 0 radical (unpaired) electrons. The molecule has 0 saturated heterocycles. The monoisotopic (exact) mass is 223 g/mol. The van der Waals surface area contributed by atoms with Gasteiger partial charge in [0.15, 0.2) is 0 Å². The van der Waals surface area contributed by atoms with Crippen molar-refractivity contribution >= 4 is 17.3 Å². The zero-order valence-electron chi connectivity index (χ0n) is 9.32. The SMILES string of the molecule is CCOc1cccc(NCCC(N)=O)c1N. The van der Waals surface area contributed by atoms with Crippen molar-refractivity contribution < 1.29 is 9.53 Å². The first kappa shape index (κ1) is 12.2. The second-order valence-corrected chi connectivity index (χ2v) is 3.29. The molecule has 0 unspecified atom stereocenters. The third-order valence-electron chi connectivity index (χ3n) is 2.05. The zero-order chi connectivity index (χ0) is 12.0. The predicted octanol–water partition coefficient (Wildman–Crippen LogP) is 0.955. The van der Waals surface area contributed by atoms with Crippen molar-refractivity contribution in [3.8, 4) is 5.75 Å². The molecule has 0 aliphatic carbocycles. The van der Waals surface area contributed by atoms with Gasteiger partial charge >= 0.3 is 0 Å². The summed E-state index contributed by atoms with van der Waals surface area (Å²) in [6.45, 7) is 2.93. The second-order valence-electron chi connectivity index (χ2n) is 3.29. The molecule has 0 spiro atoms. The van der Waals surface area contributed by atoms with Crippen LogP contribution >= 0.6 is 0 Å². The number of primary amides is 1. The lowest BCUT2D eigenvalue weighted by molar-refractivity contribution is -0.117. The van der Waals surface area contributed by atoms with Crippen LogP contribution in [-0.4, -0.2) is 19.1 Å². The number of carbonyl (C=O) groups is 1. The van der Waals surface area contributed by atoms with Gasteiger partial charge in [-0.3, -0.25) is 4.79 Å². The van der Waals surface area contributed by atoms with Crippen molar-refractivity contribution in [3.63, 3.8) is 0 Å². The van der Waals surface area contributed by atoms with Gasteiger partial charge in [-0.25, -0.2) is 0 Å². The van der Waals surface area contributed by atoms with Gasteiger partial charge in [0.2, 0.25) is 5.91 Å². The first-order valence-electron chi connectivity index (χ1n) is 5.18. The largest absolute Gasteiger partial charge is 0.492 e. The molecule has 88 valence electrons. The fourth-order valence-electron chi connectivity index (χ4n) is 1.30. The molecular weight excluding hydrogens is 206 g/mol. The highest BCUT2D eigenvalue weighted by atomic mass is 16.5. The average Bonchev–Trinajstić information content (AvgIpc) is 2.23. The van der Waals surface area contributed by atoms with Gasteiger partial charge in [-0.05, 0) is 19.1 Å². The van der Waals surface area contributed by atoms with E-state index in [2.05, 4.69) is 5.32 Å². The van der Waals surface area contributed by atoms with Gasteiger partial charge in [0.05, 0.1) is 18.0 Å². The molecule has 0 fully saturated rings. The Morgan fingerprint density at radius 3 is 2.88 bits per heavy atom. The molecule has 1 rings (SSSR count). The van der Waals surface area contributed by atoms with Crippen molar-refractivity contribution in [1.82, 2.24) is 0 Å². The van der Waals surface area contributed by atoms with E-state index in [0.717, 1.165) is 5.69 Å². The second kappa shape index (κ2) is 5.85. The third kappa shape index (κ3) is 3.34. The van der Waals surface area contributed by atoms with Crippen LogP contribution in [0.15, 0.2) is 18.2 Å². The molecule has 0 aromatic heterocycles. The minimum absolute atomic E-state index is 0.276. The van der Waals surface area contributed by atoms with Crippen molar-refractivity contribution in [2.24, 2.45) is 5.73 Å². The molecule has 5 heteroatoms. The van der Waals surface area contributed by atoms with Gasteiger partial charge in [-0.15, -0.1) is 0 Å². The lowest BCUT2D eigenvalue weighted by atomic mass is 10.2. The molecule has 5 N–H and O–H groups in total. The summed E-state index contributed by atoms with van der Waals surface area (Å²) in [4.78, 5) is 10.6. The van der Waals surface area contributed by atoms with Crippen molar-refractivity contribution in [2.45, 2.75) is 13.3 Å². The summed E-state index contributed by atoms with van der Waals surface area (Å²) in [6.07, 6.45) is 0.276. The van der Waals surface area contributed by atoms with E-state index in [4.69, 9.17) is 16.2 Å². The number of benzene rings is 1. The number of ether oxygens (including phenoxy) is 1. The van der Waals surface area contributed by atoms with Crippen molar-refractivity contribution in [1.29, 1.82) is 0 Å². The van der Waals surface area contributed by atoms with Crippen LogP contribution in [0.4, 0.5) is 11.4 Å². The average molecular weight is 223 g/mol. The van der Waals surface area contributed by atoms with Crippen LogP contribution in [0, 0.1) is 0 Å². The molecule has 0 atom stereocenters. The van der Waals surface area contributed by atoms with Crippen LogP contribution in [0.2, 0.25) is 0 Å². The van der Waals surface area contributed by atoms with Gasteiger partial charge < -0.3 is 21.5 Å². The topological polar surface area (TPSA) is 90.4 Å². The fourth-order valence-corrected chi connectivity index (χ4v) is 1.30. The Morgan fingerprint density at radius 1 is 1.50 bits per heavy atom. The quantitative estimate of drug-likeness (QED) is 0.626. The first-order valence-corrected chi connectivity index (χ1v) is 5.18. The number of nitrogen functional groups attached to an aromatic ring is 1. The van der Waals surface area contributed by atoms with Crippen molar-refractivity contribution in [3.05, 3.63) is 18.2 Å². The fraction of sp³-hybridized carbons (Fsp3) is 0.364. The van der Waals surface area contributed by atoms with E-state index in [1.807, 2.05) is 19.1 Å². The standard InChI is InChI=1S/C11H17N3O2/c1-2-16-9-5-3-4-8(11(9)13)14-7-6-10(12)15/h3-5,14H,2,6-7,13H2,1H3,(H2,12,15). The molecule has 0 heterocycles. The minimum Gasteiger partial charge on any atom is -0.492 e. The highest BCUT2D eigenvalue weighted by Gasteiger charge is 2.05. The number of hydrogen-bond acceptors (Lipinski definition) is 4. The summed E-state index contributed by atoms with van der Waals surface area (Å²) < 4.78 is 5.35. The first-order chi connectivity index (χ1) is 7.65. The van der Waals surface area contributed by atoms with E-state index < -0.39 is 0 Å². The minimum atomic E-state index is -0.341. The normalized spacial score (nSPS) is 9.81. The predicted molar refractivity (Wildman–Crippen MR) is 64.3 cm³/mol. The molecular formula is C11H17N3O2. The molecule has 1 aromatic carbocycles. The maximum atomic E-state index is 10.6. The smallest absolute Gasteiger partial charge is 0.219 e. The van der Waals surface area contributed by atoms with Crippen LogP contribution in [0.25, 0.3) is 0 Å². The third-order valence-corrected chi connectivity index (χ3v) is 2.05. The molecule has 0 aliphatic heterocycles. The van der Waals surface area contributed by atoms with Crippen molar-refractivity contribution in [2.75, 3.05) is 24.2 Å². The Hall–Kier alpha value is -1.91. The number of hydrogen-bond donors (Lipinski definition) is 3. The Bertz CT molecular complexity index is 366. The Kier molecular flexibility index (Phi) is 4.44. The summed E-state index contributed by atoms with van der Waals surface area (Å²) >= 11 is 0. The molecule has 16 heavy (non-hydrogen) atoms. The van der Waals surface area contributed by atoms with E-state index in [1.165, 1.54) is 0 Å². The summed E-state index contributed by atoms with van der Waals surface area (Å²) in [6, 6.07) is 5.48. The lowest BCUT2D eigenvalue weighted by Gasteiger charge is -2.12. The summed E-state index contributed by atoms with van der Waals surface area (Å²) in [5.41, 5.74) is 12.2. The van der Waals surface area contributed by atoms with Gasteiger partial charge in [-0.1, -0.05) is 6.07 Å². The Morgan fingerprint density at radius 2 is 2.25 bits per heavy atom. The number of carbonyl (C=O) groups excluding carboxylic acids is 1. The molecule has 1 amide bonds. The lowest BCUT2D eigenvalue weighted by Crippen LogP contribution is -2.16. The van der Waals surface area contributed by atoms with Crippen LogP contribution in [0.5, 0.6) is 5.75 Å². The van der Waals surface area contributed by atoms with Gasteiger partial charge in [-0.2, -0.15) is 0 Å². The van der Waals surface area contributed by atoms with E-state index >= 15 is 0 Å².